The van der Waals surface area contributed by atoms with Crippen LogP contribution in [0.15, 0.2) is 4.99 Å². The van der Waals surface area contributed by atoms with Gasteiger partial charge >= 0.3 is 0 Å². The van der Waals surface area contributed by atoms with Crippen molar-refractivity contribution >= 4 is 33.9 Å². The van der Waals surface area contributed by atoms with Gasteiger partial charge in [0.2, 0.25) is 0 Å². The SMILES string of the molecule is Br.CN=C(SC)N(C)C. The number of hydrogen-bond acceptors (Lipinski definition) is 2. The summed E-state index contributed by atoms with van der Waals surface area (Å²) in [6.45, 7) is 0. The molecule has 0 bridgehead atoms. The van der Waals surface area contributed by atoms with E-state index in [1.54, 1.807) is 18.8 Å². The molecule has 0 aromatic rings. The largest absolute Gasteiger partial charge is 0.358 e. The van der Waals surface area contributed by atoms with Crippen molar-refractivity contribution in [2.24, 2.45) is 4.99 Å². The summed E-state index contributed by atoms with van der Waals surface area (Å²) in [5.74, 6) is 0. The van der Waals surface area contributed by atoms with Crippen molar-refractivity contribution in [1.29, 1.82) is 0 Å². The number of amidine groups is 1. The molecule has 9 heavy (non-hydrogen) atoms. The van der Waals surface area contributed by atoms with E-state index in [-0.39, 0.29) is 17.0 Å². The number of hydrogen-bond donors (Lipinski definition) is 0. The number of nitrogens with zero attached hydrogens (tertiary/aromatic N) is 2. The van der Waals surface area contributed by atoms with Crippen molar-refractivity contribution in [3.8, 4) is 0 Å². The summed E-state index contributed by atoms with van der Waals surface area (Å²) < 4.78 is 0. The minimum absolute atomic E-state index is 0. The van der Waals surface area contributed by atoms with Gasteiger partial charge in [-0.1, -0.05) is 11.8 Å². The molecule has 0 atom stereocenters. The summed E-state index contributed by atoms with van der Waals surface area (Å²) in [5, 5.41) is 1.06. The maximum absolute atomic E-state index is 4.01. The summed E-state index contributed by atoms with van der Waals surface area (Å²) in [6, 6.07) is 0. The Kier molecular flexibility index (Phi) is 8.58. The highest BCUT2D eigenvalue weighted by Gasteiger charge is 1.93. The zero-order valence-electron chi connectivity index (χ0n) is 6.21. The highest BCUT2D eigenvalue weighted by Crippen LogP contribution is 1.98. The topological polar surface area (TPSA) is 15.6 Å². The Bertz CT molecular complexity index is 93.0. The predicted molar refractivity (Wildman–Crippen MR) is 50.9 cm³/mol. The van der Waals surface area contributed by atoms with Crippen molar-refractivity contribution in [1.82, 2.24) is 4.90 Å². The Morgan fingerprint density at radius 3 is 1.89 bits per heavy atom. The molecular formula is C5H13BrN2S. The van der Waals surface area contributed by atoms with Gasteiger partial charge in [-0.05, 0) is 6.26 Å². The second kappa shape index (κ2) is 6.42. The monoisotopic (exact) mass is 212 g/mol. The molecule has 0 fully saturated rings. The molecule has 0 N–H and O–H groups in total. The molecule has 0 unspecified atom stereocenters. The van der Waals surface area contributed by atoms with E-state index in [1.165, 1.54) is 0 Å². The van der Waals surface area contributed by atoms with Gasteiger partial charge in [-0.15, -0.1) is 17.0 Å². The van der Waals surface area contributed by atoms with Crippen LogP contribution in [0.2, 0.25) is 0 Å². The first kappa shape index (κ1) is 12.0. The van der Waals surface area contributed by atoms with Crippen LogP contribution in [0.3, 0.4) is 0 Å². The molecule has 0 aliphatic carbocycles. The summed E-state index contributed by atoms with van der Waals surface area (Å²) >= 11 is 1.65. The van der Waals surface area contributed by atoms with Gasteiger partial charge in [0, 0.05) is 21.1 Å². The zero-order valence-corrected chi connectivity index (χ0v) is 8.74. The highest BCUT2D eigenvalue weighted by atomic mass is 79.9. The number of thioether (sulfide) groups is 1. The van der Waals surface area contributed by atoms with E-state index >= 15 is 0 Å². The van der Waals surface area contributed by atoms with Gasteiger partial charge in [0.15, 0.2) is 5.17 Å². The van der Waals surface area contributed by atoms with Crippen LogP contribution in [0, 0.1) is 0 Å². The first-order valence-electron chi connectivity index (χ1n) is 2.40. The summed E-state index contributed by atoms with van der Waals surface area (Å²) in [5.41, 5.74) is 0. The van der Waals surface area contributed by atoms with Crippen LogP contribution < -0.4 is 0 Å². The van der Waals surface area contributed by atoms with Gasteiger partial charge in [-0.2, -0.15) is 0 Å². The molecule has 56 valence electrons. The van der Waals surface area contributed by atoms with Crippen molar-refractivity contribution in [3.63, 3.8) is 0 Å². The summed E-state index contributed by atoms with van der Waals surface area (Å²) in [4.78, 5) is 6.00. The smallest absolute Gasteiger partial charge is 0.158 e. The molecule has 0 spiro atoms. The third-order valence-corrected chi connectivity index (χ3v) is 1.67. The van der Waals surface area contributed by atoms with Crippen molar-refractivity contribution in [3.05, 3.63) is 0 Å². The third kappa shape index (κ3) is 4.78. The Morgan fingerprint density at radius 2 is 1.89 bits per heavy atom. The fraction of sp³-hybridized carbons (Fsp3) is 0.800. The minimum Gasteiger partial charge on any atom is -0.358 e. The Labute approximate surface area is 71.5 Å². The lowest BCUT2D eigenvalue weighted by atomic mass is 10.9. The van der Waals surface area contributed by atoms with Crippen LogP contribution in [0.25, 0.3) is 0 Å². The van der Waals surface area contributed by atoms with Crippen LogP contribution >= 0.6 is 28.7 Å². The van der Waals surface area contributed by atoms with Crippen molar-refractivity contribution < 1.29 is 0 Å². The van der Waals surface area contributed by atoms with Crippen LogP contribution in [-0.2, 0) is 0 Å². The second-order valence-electron chi connectivity index (χ2n) is 1.60. The molecule has 0 aromatic heterocycles. The van der Waals surface area contributed by atoms with E-state index in [0.717, 1.165) is 5.17 Å². The number of halogens is 1. The van der Waals surface area contributed by atoms with Crippen molar-refractivity contribution in [2.45, 2.75) is 0 Å². The summed E-state index contributed by atoms with van der Waals surface area (Å²) in [6.07, 6.45) is 2.02. The zero-order chi connectivity index (χ0) is 6.57. The first-order chi connectivity index (χ1) is 3.72. The van der Waals surface area contributed by atoms with Crippen LogP contribution in [0.1, 0.15) is 0 Å². The normalized spacial score (nSPS) is 10.4. The van der Waals surface area contributed by atoms with E-state index < -0.39 is 0 Å². The molecule has 0 amide bonds. The molecule has 2 nitrogen and oxygen atoms in total. The summed E-state index contributed by atoms with van der Waals surface area (Å²) in [7, 11) is 5.77. The number of rotatable bonds is 0. The Balaban J connectivity index is 0. The lowest BCUT2D eigenvalue weighted by Gasteiger charge is -2.10. The second-order valence-corrected chi connectivity index (χ2v) is 2.38. The molecule has 0 saturated carbocycles. The average Bonchev–Trinajstić information content (AvgIpc) is 1.69. The molecule has 0 aromatic carbocycles. The maximum Gasteiger partial charge on any atom is 0.158 e. The van der Waals surface area contributed by atoms with Gasteiger partial charge in [-0.3, -0.25) is 4.99 Å². The lowest BCUT2D eigenvalue weighted by molar-refractivity contribution is 0.635. The Morgan fingerprint density at radius 1 is 1.44 bits per heavy atom. The van der Waals surface area contributed by atoms with Crippen LogP contribution in [0.5, 0.6) is 0 Å². The van der Waals surface area contributed by atoms with Gasteiger partial charge in [-0.25, -0.2) is 0 Å². The first-order valence-corrected chi connectivity index (χ1v) is 3.63. The quantitative estimate of drug-likeness (QED) is 0.447. The van der Waals surface area contributed by atoms with Gasteiger partial charge < -0.3 is 4.90 Å². The average molecular weight is 213 g/mol. The van der Waals surface area contributed by atoms with E-state index in [1.807, 2.05) is 25.3 Å². The minimum atomic E-state index is 0. The fourth-order valence-electron chi connectivity index (χ4n) is 0.474. The van der Waals surface area contributed by atoms with Crippen LogP contribution in [-0.4, -0.2) is 37.5 Å². The van der Waals surface area contributed by atoms with Crippen LogP contribution in [0.4, 0.5) is 0 Å². The third-order valence-electron chi connectivity index (χ3n) is 0.756. The van der Waals surface area contributed by atoms with E-state index in [4.69, 9.17) is 0 Å². The van der Waals surface area contributed by atoms with E-state index in [2.05, 4.69) is 4.99 Å². The molecule has 0 aliphatic rings. The van der Waals surface area contributed by atoms with E-state index in [9.17, 15) is 0 Å². The van der Waals surface area contributed by atoms with Gasteiger partial charge in [0.1, 0.15) is 0 Å². The molecular weight excluding hydrogens is 200 g/mol. The Hall–Kier alpha value is 0.300. The van der Waals surface area contributed by atoms with Crippen molar-refractivity contribution in [2.75, 3.05) is 27.4 Å². The fourth-order valence-corrected chi connectivity index (χ4v) is 1.02. The molecule has 4 heteroatoms. The standard InChI is InChI=1S/C5H12N2S.BrH/c1-6-5(8-4)7(2)3;/h1-4H3;1H. The molecule has 0 aliphatic heterocycles. The lowest BCUT2D eigenvalue weighted by Crippen LogP contribution is -2.17. The molecule has 0 rings (SSSR count). The molecule has 0 saturated heterocycles. The maximum atomic E-state index is 4.01. The van der Waals surface area contributed by atoms with Gasteiger partial charge in [0.25, 0.3) is 0 Å². The molecule has 0 heterocycles. The highest BCUT2D eigenvalue weighted by molar-refractivity contribution is 8.93. The van der Waals surface area contributed by atoms with E-state index in [0.29, 0.717) is 0 Å². The predicted octanol–water partition coefficient (Wildman–Crippen LogP) is 1.47. The van der Waals surface area contributed by atoms with Gasteiger partial charge in [0.05, 0.1) is 0 Å². The number of aliphatic imine (C=N–C) groups is 1. The molecule has 0 radical (unpaired) electrons.